The third kappa shape index (κ3) is 20.4. The molecule has 0 atom stereocenters. The Balaban J connectivity index is -0.000000277. The van der Waals surface area contributed by atoms with Crippen molar-refractivity contribution < 1.29 is 66.9 Å². The summed E-state index contributed by atoms with van der Waals surface area (Å²) >= 11 is 0. The molecule has 0 bridgehead atoms. The van der Waals surface area contributed by atoms with Crippen LogP contribution in [-0.4, -0.2) is 120 Å². The van der Waals surface area contributed by atoms with Gasteiger partial charge < -0.3 is 55.0 Å². The molecule has 0 saturated heterocycles. The summed E-state index contributed by atoms with van der Waals surface area (Å²) in [5.74, 6) is 0. The minimum atomic E-state index is 0. The van der Waals surface area contributed by atoms with Gasteiger partial charge in [0.15, 0.2) is 0 Å². The van der Waals surface area contributed by atoms with Crippen LogP contribution in [0.25, 0.3) is 32.4 Å². The number of hydrogen-bond acceptors (Lipinski definition) is 5. The van der Waals surface area contributed by atoms with Gasteiger partial charge in [-0.15, -0.1) is 24.5 Å². The monoisotopic (exact) mass is 955 g/mol. The molecule has 234 valence electrons. The molecule has 3 aromatic rings. The summed E-state index contributed by atoms with van der Waals surface area (Å²) in [5, 5.41) is 11.1. The van der Waals surface area contributed by atoms with Crippen LogP contribution in [0, 0.1) is 0 Å². The first-order chi connectivity index (χ1) is 17.0. The standard InChI is InChI=1S/C17H17N3.2C6H16N2.2ClH.2Pt/c1-3-18-14-7-5-12-9-13-6-8-15(19-4-2)11-17(13)20-16(12)10-14;2*1-7(2)5-6-8(3)4;;;;/h5-11H,3-4H2,1-2H3;2*5-6H2,1-4H3;2*1H;;/q-2;;;;;2*+2/p-2. The number of likely N-dealkylation sites (N-methyl/N-ethyl adjacent to an activating group) is 4. The van der Waals surface area contributed by atoms with E-state index >= 15 is 0 Å². The van der Waals surface area contributed by atoms with Crippen molar-refractivity contribution in [2.45, 2.75) is 13.8 Å². The van der Waals surface area contributed by atoms with Crippen LogP contribution < -0.4 is 24.8 Å². The molecule has 0 spiro atoms. The average Bonchev–Trinajstić information content (AvgIpc) is 2.81. The molecule has 40 heavy (non-hydrogen) atoms. The van der Waals surface area contributed by atoms with Crippen LogP contribution in [0.2, 0.25) is 0 Å². The Hall–Kier alpha value is -0.493. The molecule has 0 unspecified atom stereocenters. The van der Waals surface area contributed by atoms with Crippen molar-refractivity contribution in [2.75, 3.05) is 95.6 Å². The maximum Gasteiger partial charge on any atom is 2.00 e. The fraction of sp³-hybridized carbons (Fsp3) is 0.552. The van der Waals surface area contributed by atoms with E-state index in [0.29, 0.717) is 0 Å². The van der Waals surface area contributed by atoms with Crippen molar-refractivity contribution in [1.29, 1.82) is 0 Å². The molecule has 0 saturated carbocycles. The third-order valence-electron chi connectivity index (χ3n) is 5.25. The van der Waals surface area contributed by atoms with Crippen molar-refractivity contribution in [2.24, 2.45) is 0 Å². The quantitative estimate of drug-likeness (QED) is 0.261. The molecule has 0 N–H and O–H groups in total. The van der Waals surface area contributed by atoms with E-state index in [1.807, 2.05) is 38.1 Å². The van der Waals surface area contributed by atoms with Gasteiger partial charge in [0.05, 0.1) is 11.0 Å². The van der Waals surface area contributed by atoms with Gasteiger partial charge in [0.2, 0.25) is 0 Å². The molecule has 0 aliphatic rings. The molecular formula is C29H49Cl2N7Pt2. The molecule has 0 amide bonds. The Labute approximate surface area is 285 Å². The van der Waals surface area contributed by atoms with Gasteiger partial charge >= 0.3 is 42.1 Å². The molecule has 3 rings (SSSR count). The minimum absolute atomic E-state index is 0. The van der Waals surface area contributed by atoms with Crippen molar-refractivity contribution in [1.82, 2.24) is 24.6 Å². The SMILES string of the molecule is CC[N-]c1ccc2cc3ccc([N-]CC)cc3nc2c1.CN(C)CCN(C)C.CN(C)CCN(C)C.[Cl-].[Cl-].[Pt+2].[Pt+2]. The summed E-state index contributed by atoms with van der Waals surface area (Å²) in [6, 6.07) is 14.5. The maximum atomic E-state index is 4.74. The van der Waals surface area contributed by atoms with E-state index in [2.05, 4.69) is 105 Å². The molecule has 0 aliphatic heterocycles. The largest absolute Gasteiger partial charge is 2.00 e. The normalized spacial score (nSPS) is 9.95. The summed E-state index contributed by atoms with van der Waals surface area (Å²) in [5.41, 5.74) is 3.95. The summed E-state index contributed by atoms with van der Waals surface area (Å²) in [6.07, 6.45) is 0. The summed E-state index contributed by atoms with van der Waals surface area (Å²) in [4.78, 5) is 13.5. The fourth-order valence-corrected chi connectivity index (χ4v) is 3.16. The first-order valence-electron chi connectivity index (χ1n) is 12.8. The maximum absolute atomic E-state index is 4.74. The molecule has 1 aromatic heterocycles. The fourth-order valence-electron chi connectivity index (χ4n) is 3.16. The van der Waals surface area contributed by atoms with Crippen LogP contribution in [0.1, 0.15) is 13.8 Å². The van der Waals surface area contributed by atoms with Crippen LogP contribution in [0.5, 0.6) is 0 Å². The van der Waals surface area contributed by atoms with Gasteiger partial charge in [0, 0.05) is 37.0 Å². The van der Waals surface area contributed by atoms with Gasteiger partial charge in [0.1, 0.15) is 0 Å². The number of rotatable bonds is 10. The van der Waals surface area contributed by atoms with Gasteiger partial charge in [-0.2, -0.15) is 0 Å². The number of hydrogen-bond donors (Lipinski definition) is 0. The van der Waals surface area contributed by atoms with Crippen LogP contribution in [-0.2, 0) is 42.1 Å². The van der Waals surface area contributed by atoms with Crippen molar-refractivity contribution in [3.05, 3.63) is 53.1 Å². The first kappa shape index (κ1) is 46.5. The Kier molecular flexibility index (Phi) is 30.4. The minimum Gasteiger partial charge on any atom is -1.00 e. The number of fused-ring (bicyclic) bond motifs is 2. The summed E-state index contributed by atoms with van der Waals surface area (Å²) < 4.78 is 0. The second-order valence-electron chi connectivity index (χ2n) is 9.90. The zero-order valence-electron chi connectivity index (χ0n) is 25.8. The van der Waals surface area contributed by atoms with Crippen LogP contribution in [0.4, 0.5) is 11.4 Å². The van der Waals surface area contributed by atoms with Gasteiger partial charge in [-0.25, -0.2) is 4.98 Å². The van der Waals surface area contributed by atoms with E-state index < -0.39 is 0 Å². The van der Waals surface area contributed by atoms with E-state index in [1.54, 1.807) is 0 Å². The van der Waals surface area contributed by atoms with E-state index in [9.17, 15) is 0 Å². The molecular weight excluding hydrogens is 907 g/mol. The van der Waals surface area contributed by atoms with Crippen LogP contribution in [0.15, 0.2) is 42.5 Å². The van der Waals surface area contributed by atoms with E-state index in [0.717, 1.165) is 72.4 Å². The second kappa shape index (κ2) is 26.2. The molecule has 11 heteroatoms. The first-order valence-corrected chi connectivity index (χ1v) is 12.8. The van der Waals surface area contributed by atoms with Gasteiger partial charge in [0.25, 0.3) is 0 Å². The van der Waals surface area contributed by atoms with E-state index in [1.165, 1.54) is 0 Å². The van der Waals surface area contributed by atoms with Crippen molar-refractivity contribution in [3.8, 4) is 0 Å². The van der Waals surface area contributed by atoms with Gasteiger partial charge in [-0.3, -0.25) is 0 Å². The van der Waals surface area contributed by atoms with Gasteiger partial charge in [-0.05, 0) is 62.4 Å². The van der Waals surface area contributed by atoms with Crippen molar-refractivity contribution in [3.63, 3.8) is 0 Å². The molecule has 1 heterocycles. The number of pyridine rings is 1. The number of nitrogens with zero attached hydrogens (tertiary/aromatic N) is 7. The van der Waals surface area contributed by atoms with Crippen LogP contribution >= 0.6 is 0 Å². The average molecular weight is 957 g/mol. The molecule has 0 aliphatic carbocycles. The van der Waals surface area contributed by atoms with E-state index in [-0.39, 0.29) is 66.9 Å². The Morgan fingerprint density at radius 2 is 0.825 bits per heavy atom. The van der Waals surface area contributed by atoms with Crippen molar-refractivity contribution >= 4 is 33.2 Å². The van der Waals surface area contributed by atoms with Gasteiger partial charge in [-0.1, -0.05) is 50.2 Å². The molecule has 0 fully saturated rings. The van der Waals surface area contributed by atoms with Crippen LogP contribution in [0.3, 0.4) is 0 Å². The number of halogens is 2. The Morgan fingerprint density at radius 3 is 1.07 bits per heavy atom. The Morgan fingerprint density at radius 1 is 0.525 bits per heavy atom. The summed E-state index contributed by atoms with van der Waals surface area (Å²) in [6.45, 7) is 10.2. The molecule has 0 radical (unpaired) electrons. The smallest absolute Gasteiger partial charge is 1.00 e. The Bertz CT molecular complexity index is 929. The second-order valence-corrected chi connectivity index (χ2v) is 9.90. The number of aromatic nitrogens is 1. The summed E-state index contributed by atoms with van der Waals surface area (Å²) in [7, 11) is 16.7. The molecule has 2 aromatic carbocycles. The predicted octanol–water partition coefficient (Wildman–Crippen LogP) is -0.340. The zero-order chi connectivity index (χ0) is 27.1. The van der Waals surface area contributed by atoms with E-state index in [4.69, 9.17) is 4.98 Å². The number of benzene rings is 2. The molecule has 7 nitrogen and oxygen atoms in total. The predicted molar refractivity (Wildman–Crippen MR) is 161 cm³/mol. The third-order valence-corrected chi connectivity index (χ3v) is 5.25. The topological polar surface area (TPSA) is 54.1 Å². The zero-order valence-corrected chi connectivity index (χ0v) is 31.9.